The molecule has 0 heterocycles. The molecule has 0 aromatic rings. The number of ether oxygens (including phenoxy) is 3. The quantitative estimate of drug-likeness (QED) is 0.311. The molecule has 5 nitrogen and oxygen atoms in total. The number of carbonyl (C=O) groups excluding carboxylic acids is 2. The van der Waals surface area contributed by atoms with Gasteiger partial charge in [-0.2, -0.15) is 26.3 Å². The highest BCUT2D eigenvalue weighted by molar-refractivity contribution is 5.77. The van der Waals surface area contributed by atoms with E-state index in [1.807, 2.05) is 0 Å². The molecule has 0 radical (unpaired) electrons. The van der Waals surface area contributed by atoms with Crippen LogP contribution in [0.2, 0.25) is 0 Å². The highest BCUT2D eigenvalue weighted by atomic mass is 19.4. The van der Waals surface area contributed by atoms with Crippen molar-refractivity contribution in [2.24, 2.45) is 23.2 Å². The summed E-state index contributed by atoms with van der Waals surface area (Å²) in [5.41, 5.74) is -6.45. The molecule has 0 amide bonds. The van der Waals surface area contributed by atoms with Gasteiger partial charge in [0.1, 0.15) is 11.7 Å². The summed E-state index contributed by atoms with van der Waals surface area (Å²) in [4.78, 5) is 24.2. The predicted octanol–water partition coefficient (Wildman–Crippen LogP) is 6.59. The van der Waals surface area contributed by atoms with E-state index in [1.165, 1.54) is 27.7 Å². The molecule has 2 aliphatic carbocycles. The lowest BCUT2D eigenvalue weighted by Crippen LogP contribution is -2.49. The standard InChI is InChI=1S/C22H32F6O5/c1-7-19(5,21(23,24)25)16(29)31-15-10-12-8-13(15)9-14(12)11-20(6,22(26,27)28)33-17(30)32-18(2,3)4/h12-15H,7-11H2,1-6H3. The molecule has 33 heavy (non-hydrogen) atoms. The minimum atomic E-state index is -4.85. The van der Waals surface area contributed by atoms with E-state index >= 15 is 0 Å². The van der Waals surface area contributed by atoms with Crippen molar-refractivity contribution in [2.45, 2.75) is 103 Å². The van der Waals surface area contributed by atoms with Gasteiger partial charge in [0.2, 0.25) is 5.60 Å². The Bertz CT molecular complexity index is 743. The van der Waals surface area contributed by atoms with Gasteiger partial charge in [-0.3, -0.25) is 4.79 Å². The molecule has 6 unspecified atom stereocenters. The van der Waals surface area contributed by atoms with Crippen molar-refractivity contribution in [1.29, 1.82) is 0 Å². The lowest BCUT2D eigenvalue weighted by molar-refractivity contribution is -0.265. The summed E-state index contributed by atoms with van der Waals surface area (Å²) in [6, 6.07) is 0. The van der Waals surface area contributed by atoms with Crippen molar-refractivity contribution in [1.82, 2.24) is 0 Å². The Morgan fingerprint density at radius 1 is 0.818 bits per heavy atom. The maximum absolute atomic E-state index is 13.8. The molecule has 0 spiro atoms. The van der Waals surface area contributed by atoms with Gasteiger partial charge in [0.15, 0.2) is 5.41 Å². The molecule has 2 saturated carbocycles. The molecule has 192 valence electrons. The third-order valence-electron chi connectivity index (χ3n) is 6.93. The fourth-order valence-corrected chi connectivity index (χ4v) is 4.63. The van der Waals surface area contributed by atoms with Gasteiger partial charge in [0, 0.05) is 0 Å². The van der Waals surface area contributed by atoms with E-state index in [0.29, 0.717) is 6.42 Å². The van der Waals surface area contributed by atoms with E-state index in [4.69, 9.17) is 14.2 Å². The van der Waals surface area contributed by atoms with Crippen molar-refractivity contribution in [3.05, 3.63) is 0 Å². The second kappa shape index (κ2) is 8.83. The number of carbonyl (C=O) groups is 2. The normalized spacial score (nSPS) is 29.2. The Labute approximate surface area is 189 Å². The van der Waals surface area contributed by atoms with E-state index < -0.39 is 66.0 Å². The van der Waals surface area contributed by atoms with Gasteiger partial charge in [-0.05, 0) is 84.5 Å². The monoisotopic (exact) mass is 490 g/mol. The smallest absolute Gasteiger partial charge is 0.461 e. The van der Waals surface area contributed by atoms with E-state index in [1.54, 1.807) is 0 Å². The summed E-state index contributed by atoms with van der Waals surface area (Å²) >= 11 is 0. The number of hydrogen-bond acceptors (Lipinski definition) is 5. The number of halogens is 6. The van der Waals surface area contributed by atoms with Crippen molar-refractivity contribution in [3.8, 4) is 0 Å². The van der Waals surface area contributed by atoms with Crippen molar-refractivity contribution >= 4 is 12.1 Å². The second-order valence-corrected chi connectivity index (χ2v) is 10.6. The molecule has 0 N–H and O–H groups in total. The predicted molar refractivity (Wildman–Crippen MR) is 105 cm³/mol. The van der Waals surface area contributed by atoms with Crippen LogP contribution in [0.15, 0.2) is 0 Å². The Balaban J connectivity index is 2.06. The number of alkyl halides is 6. The van der Waals surface area contributed by atoms with Gasteiger partial charge in [0.05, 0.1) is 0 Å². The van der Waals surface area contributed by atoms with E-state index in [-0.39, 0.29) is 24.7 Å². The SMILES string of the molecule is CCC(C)(C(=O)OC1CC2CC1CC2CC(C)(OC(=O)OC(C)(C)C)C(F)(F)F)C(F)(F)F. The molecular formula is C22H32F6O5. The average molecular weight is 490 g/mol. The third kappa shape index (κ3) is 5.88. The first kappa shape index (κ1) is 27.6. The van der Waals surface area contributed by atoms with Crippen LogP contribution in [0, 0.1) is 23.2 Å². The molecule has 2 fully saturated rings. The van der Waals surface area contributed by atoms with Crippen LogP contribution >= 0.6 is 0 Å². The molecule has 2 rings (SSSR count). The Hall–Kier alpha value is -1.68. The van der Waals surface area contributed by atoms with Crippen molar-refractivity contribution < 1.29 is 50.1 Å². The van der Waals surface area contributed by atoms with Crippen LogP contribution in [0.4, 0.5) is 31.1 Å². The first-order valence-corrected chi connectivity index (χ1v) is 11.0. The van der Waals surface area contributed by atoms with Crippen LogP contribution in [0.3, 0.4) is 0 Å². The summed E-state index contributed by atoms with van der Waals surface area (Å²) < 4.78 is 96.2. The molecule has 0 aliphatic heterocycles. The van der Waals surface area contributed by atoms with Gasteiger partial charge in [-0.15, -0.1) is 0 Å². The highest BCUT2D eigenvalue weighted by Gasteiger charge is 2.61. The van der Waals surface area contributed by atoms with E-state index in [2.05, 4.69) is 0 Å². The Morgan fingerprint density at radius 3 is 1.79 bits per heavy atom. The van der Waals surface area contributed by atoms with Crippen molar-refractivity contribution in [2.75, 3.05) is 0 Å². The molecule has 2 bridgehead atoms. The molecule has 0 saturated heterocycles. The van der Waals surface area contributed by atoms with Gasteiger partial charge in [0.25, 0.3) is 0 Å². The number of fused-ring (bicyclic) bond motifs is 2. The topological polar surface area (TPSA) is 61.8 Å². The second-order valence-electron chi connectivity index (χ2n) is 10.6. The van der Waals surface area contributed by atoms with Crippen molar-refractivity contribution in [3.63, 3.8) is 0 Å². The lowest BCUT2D eigenvalue weighted by atomic mass is 9.79. The summed E-state index contributed by atoms with van der Waals surface area (Å²) in [5, 5.41) is 0. The minimum absolute atomic E-state index is 0.180. The third-order valence-corrected chi connectivity index (χ3v) is 6.93. The average Bonchev–Trinajstić information content (AvgIpc) is 3.16. The van der Waals surface area contributed by atoms with Crippen LogP contribution in [0.1, 0.15) is 73.6 Å². The van der Waals surface area contributed by atoms with Gasteiger partial charge < -0.3 is 14.2 Å². The Morgan fingerprint density at radius 2 is 1.39 bits per heavy atom. The number of hydrogen-bond donors (Lipinski definition) is 0. The zero-order valence-corrected chi connectivity index (χ0v) is 19.7. The van der Waals surface area contributed by atoms with Gasteiger partial charge >= 0.3 is 24.5 Å². The summed E-state index contributed by atoms with van der Waals surface area (Å²) in [6.45, 7) is 7.31. The zero-order chi connectivity index (χ0) is 25.6. The van der Waals surface area contributed by atoms with Crippen LogP contribution in [0.5, 0.6) is 0 Å². The lowest BCUT2D eigenvalue weighted by Gasteiger charge is -2.37. The zero-order valence-electron chi connectivity index (χ0n) is 19.7. The highest BCUT2D eigenvalue weighted by Crippen LogP contribution is 2.55. The molecule has 0 aromatic carbocycles. The first-order chi connectivity index (χ1) is 14.7. The molecule has 11 heteroatoms. The molecule has 0 aromatic heterocycles. The summed E-state index contributed by atoms with van der Waals surface area (Å²) in [5.74, 6) is -2.47. The fourth-order valence-electron chi connectivity index (χ4n) is 4.63. The van der Waals surface area contributed by atoms with Crippen LogP contribution in [0.25, 0.3) is 0 Å². The van der Waals surface area contributed by atoms with Gasteiger partial charge in [-0.1, -0.05) is 6.92 Å². The first-order valence-electron chi connectivity index (χ1n) is 11.0. The van der Waals surface area contributed by atoms with E-state index in [0.717, 1.165) is 13.8 Å². The number of rotatable bonds is 6. The van der Waals surface area contributed by atoms with Crippen LogP contribution in [-0.2, 0) is 19.0 Å². The molecule has 2 aliphatic rings. The summed E-state index contributed by atoms with van der Waals surface area (Å²) in [7, 11) is 0. The molecular weight excluding hydrogens is 458 g/mol. The molecule has 6 atom stereocenters. The Kier molecular flexibility index (Phi) is 7.38. The fraction of sp³-hybridized carbons (Fsp3) is 0.909. The maximum Gasteiger partial charge on any atom is 0.509 e. The minimum Gasteiger partial charge on any atom is -0.461 e. The van der Waals surface area contributed by atoms with Crippen LogP contribution in [-0.4, -0.2) is 41.8 Å². The largest absolute Gasteiger partial charge is 0.509 e. The summed E-state index contributed by atoms with van der Waals surface area (Å²) in [6.07, 6.45) is -12.0. The van der Waals surface area contributed by atoms with Gasteiger partial charge in [-0.25, -0.2) is 4.79 Å². The van der Waals surface area contributed by atoms with E-state index in [9.17, 15) is 35.9 Å². The number of esters is 1. The maximum atomic E-state index is 13.8. The van der Waals surface area contributed by atoms with Crippen LogP contribution < -0.4 is 0 Å².